The smallest absolute Gasteiger partial charge is 0.294 e. The number of nitrogens with zero attached hydrogens (tertiary/aromatic N) is 2. The van der Waals surface area contributed by atoms with E-state index in [-0.39, 0.29) is 11.4 Å². The molecule has 7 nitrogen and oxygen atoms in total. The molecule has 1 aliphatic rings. The number of halogens is 1. The fourth-order valence-corrected chi connectivity index (χ4v) is 4.34. The van der Waals surface area contributed by atoms with Crippen LogP contribution < -0.4 is 15.0 Å². The fourth-order valence-electron chi connectivity index (χ4n) is 3.25. The summed E-state index contributed by atoms with van der Waals surface area (Å²) in [5.74, 6) is -0.514. The third-order valence-electron chi connectivity index (χ3n) is 4.93. The van der Waals surface area contributed by atoms with Gasteiger partial charge in [-0.05, 0) is 67.6 Å². The lowest BCUT2D eigenvalue weighted by atomic mass is 10.1. The van der Waals surface area contributed by atoms with Gasteiger partial charge in [0.25, 0.3) is 11.1 Å². The molecular weight excluding hydrogens is 450 g/mol. The predicted octanol–water partition coefficient (Wildman–Crippen LogP) is 4.87. The summed E-state index contributed by atoms with van der Waals surface area (Å²) in [4.78, 5) is 40.9. The van der Waals surface area contributed by atoms with Gasteiger partial charge < -0.3 is 15.0 Å². The van der Waals surface area contributed by atoms with Gasteiger partial charge in [-0.15, -0.1) is 0 Å². The summed E-state index contributed by atoms with van der Waals surface area (Å²) in [5.41, 5.74) is 2.34. The molecule has 0 aliphatic carbocycles. The maximum absolute atomic E-state index is 12.7. The van der Waals surface area contributed by atoms with Gasteiger partial charge in [0.2, 0.25) is 5.91 Å². The molecule has 1 heterocycles. The van der Waals surface area contributed by atoms with Gasteiger partial charge in [0.05, 0.1) is 17.0 Å². The van der Waals surface area contributed by atoms with Crippen LogP contribution in [0.5, 0.6) is 5.75 Å². The van der Waals surface area contributed by atoms with Crippen molar-refractivity contribution in [1.29, 1.82) is 0 Å². The number of benzene rings is 2. The van der Waals surface area contributed by atoms with Crippen molar-refractivity contribution >= 4 is 57.9 Å². The molecule has 0 unspecified atom stereocenters. The van der Waals surface area contributed by atoms with Crippen LogP contribution in [-0.2, 0) is 9.59 Å². The molecule has 1 saturated heterocycles. The van der Waals surface area contributed by atoms with E-state index in [1.807, 2.05) is 24.3 Å². The van der Waals surface area contributed by atoms with E-state index in [9.17, 15) is 14.4 Å². The molecule has 32 heavy (non-hydrogen) atoms. The number of hydrogen-bond donors (Lipinski definition) is 1. The van der Waals surface area contributed by atoms with E-state index >= 15 is 0 Å². The van der Waals surface area contributed by atoms with Crippen molar-refractivity contribution in [3.63, 3.8) is 0 Å². The van der Waals surface area contributed by atoms with Gasteiger partial charge in [0.1, 0.15) is 12.3 Å². The minimum Gasteiger partial charge on any atom is -0.495 e. The maximum Gasteiger partial charge on any atom is 0.294 e. The largest absolute Gasteiger partial charge is 0.495 e. The third-order valence-corrected chi connectivity index (χ3v) is 6.13. The Morgan fingerprint density at radius 1 is 1.16 bits per heavy atom. The zero-order chi connectivity index (χ0) is 23.3. The summed E-state index contributed by atoms with van der Waals surface area (Å²) in [6.07, 6.45) is 1.66. The summed E-state index contributed by atoms with van der Waals surface area (Å²) in [5, 5.41) is 2.49. The van der Waals surface area contributed by atoms with Gasteiger partial charge >= 0.3 is 0 Å². The standard InChI is InChI=1S/C23H24ClN3O4S/c1-4-26(5-2)17-9-6-15(7-10-17)12-20-22(29)27(23(30)32-20)14-21(28)25-16-8-11-19(31-3)18(24)13-16/h6-13H,4-5,14H2,1-3H3,(H,25,28)/b20-12+. The lowest BCUT2D eigenvalue weighted by molar-refractivity contribution is -0.127. The van der Waals surface area contributed by atoms with Gasteiger partial charge in [-0.2, -0.15) is 0 Å². The number of ether oxygens (including phenoxy) is 1. The molecule has 0 atom stereocenters. The van der Waals surface area contributed by atoms with Gasteiger partial charge in [0, 0.05) is 24.5 Å². The van der Waals surface area contributed by atoms with Crippen molar-refractivity contribution in [1.82, 2.24) is 4.90 Å². The number of rotatable bonds is 8. The average Bonchev–Trinajstić information content (AvgIpc) is 3.03. The van der Waals surface area contributed by atoms with Crippen LogP contribution in [-0.4, -0.2) is 48.7 Å². The predicted molar refractivity (Wildman–Crippen MR) is 129 cm³/mol. The van der Waals surface area contributed by atoms with E-state index in [1.165, 1.54) is 13.2 Å². The Bertz CT molecular complexity index is 1050. The van der Waals surface area contributed by atoms with Crippen molar-refractivity contribution in [2.75, 3.05) is 37.0 Å². The maximum atomic E-state index is 12.7. The van der Waals surface area contributed by atoms with Crippen molar-refractivity contribution in [3.05, 3.63) is 58.0 Å². The van der Waals surface area contributed by atoms with Crippen molar-refractivity contribution < 1.29 is 19.1 Å². The van der Waals surface area contributed by atoms with Crippen LogP contribution in [0.1, 0.15) is 19.4 Å². The molecule has 1 N–H and O–H groups in total. The second-order valence-electron chi connectivity index (χ2n) is 6.93. The van der Waals surface area contributed by atoms with E-state index in [2.05, 4.69) is 24.1 Å². The Hall–Kier alpha value is -2.97. The Balaban J connectivity index is 1.66. The SMILES string of the molecule is CCN(CC)c1ccc(/C=C2/SC(=O)N(CC(=O)Nc3ccc(OC)c(Cl)c3)C2=O)cc1. The number of amides is 3. The van der Waals surface area contributed by atoms with Crippen LogP contribution in [0.25, 0.3) is 6.08 Å². The molecule has 1 aliphatic heterocycles. The summed E-state index contributed by atoms with van der Waals surface area (Å²) < 4.78 is 5.08. The van der Waals surface area contributed by atoms with E-state index in [0.717, 1.165) is 41.0 Å². The second-order valence-corrected chi connectivity index (χ2v) is 8.33. The van der Waals surface area contributed by atoms with Crippen molar-refractivity contribution in [2.45, 2.75) is 13.8 Å². The molecule has 0 aromatic heterocycles. The highest BCUT2D eigenvalue weighted by Gasteiger charge is 2.36. The molecule has 0 bridgehead atoms. The zero-order valence-corrected chi connectivity index (χ0v) is 19.6. The molecule has 3 amide bonds. The Kier molecular flexibility index (Phi) is 7.82. The number of carbonyl (C=O) groups is 3. The van der Waals surface area contributed by atoms with Crippen molar-refractivity contribution in [3.8, 4) is 5.75 Å². The van der Waals surface area contributed by atoms with Crippen LogP contribution in [0.15, 0.2) is 47.4 Å². The lowest BCUT2D eigenvalue weighted by Crippen LogP contribution is -2.36. The first kappa shape index (κ1) is 23.7. The van der Waals surface area contributed by atoms with Gasteiger partial charge in [-0.25, -0.2) is 0 Å². The number of thioether (sulfide) groups is 1. The quantitative estimate of drug-likeness (QED) is 0.551. The molecule has 0 spiro atoms. The van der Waals surface area contributed by atoms with E-state index in [0.29, 0.717) is 16.5 Å². The molecule has 9 heteroatoms. The summed E-state index contributed by atoms with van der Waals surface area (Å²) in [6.45, 7) is 5.60. The lowest BCUT2D eigenvalue weighted by Gasteiger charge is -2.20. The summed E-state index contributed by atoms with van der Waals surface area (Å²) in [6, 6.07) is 12.6. The first-order valence-electron chi connectivity index (χ1n) is 10.1. The van der Waals surface area contributed by atoms with Crippen LogP contribution in [0.4, 0.5) is 16.2 Å². The average molecular weight is 474 g/mol. The first-order valence-corrected chi connectivity index (χ1v) is 11.3. The number of imide groups is 1. The Morgan fingerprint density at radius 2 is 1.84 bits per heavy atom. The van der Waals surface area contributed by atoms with Crippen LogP contribution in [0, 0.1) is 0 Å². The fraction of sp³-hybridized carbons (Fsp3) is 0.261. The Labute approximate surface area is 196 Å². The van der Waals surface area contributed by atoms with E-state index in [1.54, 1.807) is 18.2 Å². The van der Waals surface area contributed by atoms with E-state index < -0.39 is 17.1 Å². The van der Waals surface area contributed by atoms with Gasteiger partial charge in [0.15, 0.2) is 0 Å². The normalized spacial score (nSPS) is 14.8. The number of hydrogen-bond acceptors (Lipinski definition) is 6. The molecule has 2 aromatic carbocycles. The monoisotopic (exact) mass is 473 g/mol. The number of nitrogens with one attached hydrogen (secondary N) is 1. The molecule has 0 radical (unpaired) electrons. The summed E-state index contributed by atoms with van der Waals surface area (Å²) >= 11 is 6.88. The summed E-state index contributed by atoms with van der Waals surface area (Å²) in [7, 11) is 1.49. The molecule has 0 saturated carbocycles. The second kappa shape index (κ2) is 10.6. The molecule has 3 rings (SSSR count). The highest BCUT2D eigenvalue weighted by molar-refractivity contribution is 8.18. The number of anilines is 2. The van der Waals surface area contributed by atoms with Gasteiger partial charge in [-0.3, -0.25) is 19.3 Å². The minimum atomic E-state index is -0.502. The third kappa shape index (κ3) is 5.44. The van der Waals surface area contributed by atoms with Gasteiger partial charge in [-0.1, -0.05) is 23.7 Å². The van der Waals surface area contributed by atoms with Crippen LogP contribution >= 0.6 is 23.4 Å². The highest BCUT2D eigenvalue weighted by atomic mass is 35.5. The van der Waals surface area contributed by atoms with E-state index in [4.69, 9.17) is 16.3 Å². The first-order chi connectivity index (χ1) is 15.4. The number of methoxy groups -OCH3 is 1. The van der Waals surface area contributed by atoms with Crippen molar-refractivity contribution in [2.24, 2.45) is 0 Å². The van der Waals surface area contributed by atoms with Crippen LogP contribution in [0.2, 0.25) is 5.02 Å². The molecule has 2 aromatic rings. The molecule has 1 fully saturated rings. The minimum absolute atomic E-state index is 0.283. The Morgan fingerprint density at radius 3 is 2.44 bits per heavy atom. The zero-order valence-electron chi connectivity index (χ0n) is 18.1. The topological polar surface area (TPSA) is 79.0 Å². The number of carbonyl (C=O) groups excluding carboxylic acids is 3. The molecule has 168 valence electrons. The highest BCUT2D eigenvalue weighted by Crippen LogP contribution is 2.32. The van der Waals surface area contributed by atoms with Crippen LogP contribution in [0.3, 0.4) is 0 Å². The molecular formula is C23H24ClN3O4S.